The lowest BCUT2D eigenvalue weighted by molar-refractivity contribution is 0.102. The Morgan fingerprint density at radius 1 is 1.24 bits per heavy atom. The van der Waals surface area contributed by atoms with Gasteiger partial charge in [0.2, 0.25) is 5.71 Å². The van der Waals surface area contributed by atoms with E-state index in [9.17, 15) is 9.59 Å². The van der Waals surface area contributed by atoms with Crippen LogP contribution in [0.25, 0.3) is 11.1 Å². The van der Waals surface area contributed by atoms with Crippen LogP contribution < -0.4 is 20.3 Å². The van der Waals surface area contributed by atoms with Crippen LogP contribution in [0.3, 0.4) is 0 Å². The molecule has 4 rings (SSSR count). The van der Waals surface area contributed by atoms with Gasteiger partial charge in [-0.25, -0.2) is 4.98 Å². The summed E-state index contributed by atoms with van der Waals surface area (Å²) < 4.78 is 17.7. The van der Waals surface area contributed by atoms with Crippen molar-refractivity contribution in [1.29, 1.82) is 0 Å². The van der Waals surface area contributed by atoms with E-state index in [-0.39, 0.29) is 22.2 Å². The number of ether oxygens (including phenoxy) is 2. The number of rotatable bonds is 2. The quantitative estimate of drug-likeness (QED) is 0.764. The Balaban J connectivity index is 1.72. The molecule has 0 unspecified atom stereocenters. The van der Waals surface area contributed by atoms with E-state index < -0.39 is 5.91 Å². The highest BCUT2D eigenvalue weighted by Gasteiger charge is 2.23. The first kappa shape index (κ1) is 15.3. The lowest BCUT2D eigenvalue weighted by Crippen LogP contribution is -2.21. The normalized spacial score (nSPS) is 13.0. The van der Waals surface area contributed by atoms with Crippen LogP contribution in [0.2, 0.25) is 0 Å². The van der Waals surface area contributed by atoms with Crippen LogP contribution in [-0.4, -0.2) is 28.7 Å². The predicted molar refractivity (Wildman–Crippen MR) is 89.4 cm³/mol. The number of fused-ring (bicyclic) bond motifs is 2. The van der Waals surface area contributed by atoms with Gasteiger partial charge in [0.1, 0.15) is 30.7 Å². The fourth-order valence-corrected chi connectivity index (χ4v) is 2.78. The molecule has 0 radical (unpaired) electrons. The highest BCUT2D eigenvalue weighted by Crippen LogP contribution is 2.33. The molecule has 3 heterocycles. The molecule has 2 aromatic heterocycles. The molecule has 0 saturated heterocycles. The molecule has 1 aromatic carbocycles. The van der Waals surface area contributed by atoms with Gasteiger partial charge in [-0.15, -0.1) is 0 Å². The molecule has 25 heavy (non-hydrogen) atoms. The number of aryl methyl sites for hydroxylation is 2. The lowest BCUT2D eigenvalue weighted by atomic mass is 10.1. The maximum Gasteiger partial charge on any atom is 0.265 e. The van der Waals surface area contributed by atoms with Crippen molar-refractivity contribution in [2.45, 2.75) is 6.92 Å². The van der Waals surface area contributed by atoms with E-state index >= 15 is 0 Å². The Bertz CT molecular complexity index is 1050. The van der Waals surface area contributed by atoms with Crippen molar-refractivity contribution < 1.29 is 18.7 Å². The van der Waals surface area contributed by atoms with Gasteiger partial charge in [0.25, 0.3) is 11.5 Å². The van der Waals surface area contributed by atoms with Crippen LogP contribution in [0.5, 0.6) is 11.5 Å². The molecule has 8 heteroatoms. The highest BCUT2D eigenvalue weighted by atomic mass is 16.6. The maximum absolute atomic E-state index is 12.7. The molecular formula is C17H15N3O5. The Labute approximate surface area is 142 Å². The average molecular weight is 341 g/mol. The second-order valence-corrected chi connectivity index (χ2v) is 5.69. The van der Waals surface area contributed by atoms with E-state index in [2.05, 4.69) is 10.3 Å². The second-order valence-electron chi connectivity index (χ2n) is 5.69. The average Bonchev–Trinajstić information content (AvgIpc) is 2.95. The summed E-state index contributed by atoms with van der Waals surface area (Å²) in [5.41, 5.74) is 0.518. The zero-order valence-corrected chi connectivity index (χ0v) is 13.7. The van der Waals surface area contributed by atoms with Crippen LogP contribution in [0, 0.1) is 6.92 Å². The minimum Gasteiger partial charge on any atom is -0.486 e. The summed E-state index contributed by atoms with van der Waals surface area (Å²) in [5.74, 6) is 1.08. The monoisotopic (exact) mass is 341 g/mol. The second kappa shape index (κ2) is 5.66. The summed E-state index contributed by atoms with van der Waals surface area (Å²) >= 11 is 0. The third-order valence-electron chi connectivity index (χ3n) is 3.98. The third-order valence-corrected chi connectivity index (χ3v) is 3.98. The first-order valence-corrected chi connectivity index (χ1v) is 7.70. The number of nitrogens with one attached hydrogen (secondary N) is 1. The van der Waals surface area contributed by atoms with Crippen LogP contribution in [0.1, 0.15) is 16.1 Å². The summed E-state index contributed by atoms with van der Waals surface area (Å²) in [7, 11) is 1.57. The Morgan fingerprint density at radius 2 is 2.00 bits per heavy atom. The summed E-state index contributed by atoms with van der Waals surface area (Å²) in [6, 6.07) is 5.12. The van der Waals surface area contributed by atoms with Crippen molar-refractivity contribution in [3.05, 3.63) is 46.2 Å². The fourth-order valence-electron chi connectivity index (χ4n) is 2.78. The number of amides is 1. The van der Waals surface area contributed by atoms with Crippen LogP contribution in [0.4, 0.5) is 5.69 Å². The molecule has 1 amide bonds. The smallest absolute Gasteiger partial charge is 0.265 e. The van der Waals surface area contributed by atoms with Gasteiger partial charge in [0, 0.05) is 18.8 Å². The van der Waals surface area contributed by atoms with Crippen LogP contribution >= 0.6 is 0 Å². The first-order valence-electron chi connectivity index (χ1n) is 7.70. The summed E-state index contributed by atoms with van der Waals surface area (Å²) in [4.78, 5) is 29.1. The standard InChI is InChI=1S/C17H15N3O5/c1-9-13(14-16(25-9)18-8-20(2)17(14)22)15(21)19-10-3-4-11-12(7-10)24-6-5-23-11/h3-4,7-8H,5-6H2,1-2H3,(H,19,21). The van der Waals surface area contributed by atoms with Crippen molar-refractivity contribution in [3.63, 3.8) is 0 Å². The minimum atomic E-state index is -0.446. The molecule has 3 aromatic rings. The number of furan rings is 1. The molecule has 0 bridgehead atoms. The number of nitrogens with zero attached hydrogens (tertiary/aromatic N) is 2. The molecule has 1 N–H and O–H groups in total. The number of hydrogen-bond acceptors (Lipinski definition) is 6. The molecule has 128 valence electrons. The SMILES string of the molecule is Cc1oc2ncn(C)c(=O)c2c1C(=O)Nc1ccc2c(c1)OCCO2. The number of carbonyl (C=O) groups is 1. The van der Waals surface area contributed by atoms with Gasteiger partial charge in [-0.3, -0.25) is 9.59 Å². The molecule has 8 nitrogen and oxygen atoms in total. The summed E-state index contributed by atoms with van der Waals surface area (Å²) in [5, 5.41) is 2.93. The topological polar surface area (TPSA) is 95.6 Å². The zero-order chi connectivity index (χ0) is 17.6. The maximum atomic E-state index is 12.7. The number of hydrogen-bond donors (Lipinski definition) is 1. The van der Waals surface area contributed by atoms with Crippen molar-refractivity contribution in [3.8, 4) is 11.5 Å². The number of anilines is 1. The Kier molecular flexibility index (Phi) is 3.45. The van der Waals surface area contributed by atoms with Gasteiger partial charge in [0.15, 0.2) is 11.5 Å². The van der Waals surface area contributed by atoms with Crippen molar-refractivity contribution >= 4 is 22.7 Å². The minimum absolute atomic E-state index is 0.146. The van der Waals surface area contributed by atoms with E-state index in [1.165, 1.54) is 10.9 Å². The summed E-state index contributed by atoms with van der Waals surface area (Å²) in [6.07, 6.45) is 1.36. The Hall–Kier alpha value is -3.29. The molecule has 0 fully saturated rings. The zero-order valence-electron chi connectivity index (χ0n) is 13.7. The number of aromatic nitrogens is 2. The van der Waals surface area contributed by atoms with Crippen LogP contribution in [-0.2, 0) is 7.05 Å². The largest absolute Gasteiger partial charge is 0.486 e. The first-order chi connectivity index (χ1) is 12.0. The van der Waals surface area contributed by atoms with Crippen molar-refractivity contribution in [2.24, 2.45) is 7.05 Å². The molecule has 1 aliphatic rings. The molecule has 0 aliphatic carbocycles. The van der Waals surface area contributed by atoms with E-state index in [0.717, 1.165) is 0 Å². The van der Waals surface area contributed by atoms with E-state index in [4.69, 9.17) is 13.9 Å². The summed E-state index contributed by atoms with van der Waals surface area (Å²) in [6.45, 7) is 2.58. The fraction of sp³-hybridized carbons (Fsp3) is 0.235. The molecule has 0 atom stereocenters. The van der Waals surface area contributed by atoms with E-state index in [1.54, 1.807) is 32.2 Å². The van der Waals surface area contributed by atoms with Gasteiger partial charge in [0.05, 0.1) is 5.56 Å². The van der Waals surface area contributed by atoms with Crippen LogP contribution in [0.15, 0.2) is 33.7 Å². The van der Waals surface area contributed by atoms with Gasteiger partial charge in [-0.1, -0.05) is 0 Å². The Morgan fingerprint density at radius 3 is 2.80 bits per heavy atom. The third kappa shape index (κ3) is 2.51. The number of carbonyl (C=O) groups excluding carboxylic acids is 1. The van der Waals surface area contributed by atoms with Crippen molar-refractivity contribution in [2.75, 3.05) is 18.5 Å². The van der Waals surface area contributed by atoms with Crippen molar-refractivity contribution in [1.82, 2.24) is 9.55 Å². The highest BCUT2D eigenvalue weighted by molar-refractivity contribution is 6.12. The van der Waals surface area contributed by atoms with Gasteiger partial charge in [-0.2, -0.15) is 0 Å². The predicted octanol–water partition coefficient (Wildman–Crippen LogP) is 1.86. The van der Waals surface area contributed by atoms with E-state index in [1.807, 2.05) is 0 Å². The van der Waals surface area contributed by atoms with E-state index in [0.29, 0.717) is 36.2 Å². The van der Waals surface area contributed by atoms with Gasteiger partial charge < -0.3 is 23.8 Å². The van der Waals surface area contributed by atoms with Gasteiger partial charge in [-0.05, 0) is 19.1 Å². The van der Waals surface area contributed by atoms with Gasteiger partial charge >= 0.3 is 0 Å². The molecule has 1 aliphatic heterocycles. The molecule has 0 spiro atoms. The lowest BCUT2D eigenvalue weighted by Gasteiger charge is -2.19. The molecular weight excluding hydrogens is 326 g/mol. The number of benzene rings is 1. The molecule has 0 saturated carbocycles.